The molecule has 5 nitrogen and oxygen atoms in total. The van der Waals surface area contributed by atoms with Gasteiger partial charge in [0.15, 0.2) is 0 Å². The van der Waals surface area contributed by atoms with Crippen LogP contribution in [0.15, 0.2) is 31.4 Å². The van der Waals surface area contributed by atoms with E-state index < -0.39 is 0 Å². The van der Waals surface area contributed by atoms with Gasteiger partial charge < -0.3 is 4.57 Å². The molecule has 0 amide bonds. The Balaban J connectivity index is 1.66. The van der Waals surface area contributed by atoms with Crippen LogP contribution in [0.4, 0.5) is 0 Å². The first-order chi connectivity index (χ1) is 11.9. The van der Waals surface area contributed by atoms with Gasteiger partial charge in [-0.15, -0.1) is 0 Å². The normalized spacial score (nSPS) is 12.4. The molecule has 132 valence electrons. The van der Waals surface area contributed by atoms with Crippen LogP contribution in [0.25, 0.3) is 0 Å². The van der Waals surface area contributed by atoms with E-state index in [2.05, 4.69) is 31.4 Å². The minimum Gasteiger partial charge on any atom is -0.334 e. The number of rotatable bonds is 13. The third-order valence-electron chi connectivity index (χ3n) is 4.55. The Kier molecular flexibility index (Phi) is 9.05. The van der Waals surface area contributed by atoms with E-state index in [-0.39, 0.29) is 0 Å². The zero-order valence-corrected chi connectivity index (χ0v) is 15.0. The molecule has 0 N–H and O–H groups in total. The summed E-state index contributed by atoms with van der Waals surface area (Å²) in [7, 11) is 0. The van der Waals surface area contributed by atoms with E-state index in [9.17, 15) is 0 Å². The molecule has 0 saturated heterocycles. The lowest BCUT2D eigenvalue weighted by Gasteiger charge is -2.17. The molecule has 1 unspecified atom stereocenters. The molecule has 0 aliphatic heterocycles. The van der Waals surface area contributed by atoms with E-state index in [1.54, 1.807) is 12.7 Å². The van der Waals surface area contributed by atoms with Crippen molar-refractivity contribution in [3.8, 4) is 0 Å². The van der Waals surface area contributed by atoms with Crippen molar-refractivity contribution < 1.29 is 0 Å². The highest BCUT2D eigenvalue weighted by Crippen LogP contribution is 2.20. The van der Waals surface area contributed by atoms with Crippen molar-refractivity contribution >= 4 is 0 Å². The molecule has 24 heavy (non-hydrogen) atoms. The van der Waals surface area contributed by atoms with Crippen molar-refractivity contribution in [2.45, 2.75) is 83.6 Å². The van der Waals surface area contributed by atoms with Crippen LogP contribution in [-0.2, 0) is 6.42 Å². The molecule has 0 spiro atoms. The Morgan fingerprint density at radius 3 is 2.17 bits per heavy atom. The molecule has 1 atom stereocenters. The molecular weight excluding hydrogens is 298 g/mol. The Morgan fingerprint density at radius 1 is 0.875 bits per heavy atom. The number of hydrogen-bond donors (Lipinski definition) is 0. The standard InChI is InChI=1S/C19H31N5/c1-2-3-4-5-6-7-8-9-10-11-18(24-13-12-20-17-24)14-19-22-15-21-16-23-19/h12-13,15-18H,2-11,14H2,1H3. The summed E-state index contributed by atoms with van der Waals surface area (Å²) in [6, 6.07) is 0.388. The monoisotopic (exact) mass is 329 g/mol. The van der Waals surface area contributed by atoms with Crippen LogP contribution in [0.1, 0.15) is 83.0 Å². The molecular formula is C19H31N5. The predicted octanol–water partition coefficient (Wildman–Crippen LogP) is 4.77. The lowest BCUT2D eigenvalue weighted by atomic mass is 10.0. The third-order valence-corrected chi connectivity index (χ3v) is 4.55. The summed E-state index contributed by atoms with van der Waals surface area (Å²) < 4.78 is 2.19. The highest BCUT2D eigenvalue weighted by Gasteiger charge is 2.12. The smallest absolute Gasteiger partial charge is 0.134 e. The highest BCUT2D eigenvalue weighted by atomic mass is 15.1. The molecule has 0 radical (unpaired) electrons. The van der Waals surface area contributed by atoms with Crippen molar-refractivity contribution in [1.29, 1.82) is 0 Å². The molecule has 0 bridgehead atoms. The minimum absolute atomic E-state index is 0.388. The van der Waals surface area contributed by atoms with Gasteiger partial charge in [-0.2, -0.15) is 0 Å². The van der Waals surface area contributed by atoms with Crippen LogP contribution < -0.4 is 0 Å². The Labute approximate surface area is 146 Å². The number of unbranched alkanes of at least 4 members (excludes halogenated alkanes) is 8. The molecule has 0 aliphatic rings. The fourth-order valence-corrected chi connectivity index (χ4v) is 3.11. The van der Waals surface area contributed by atoms with Crippen molar-refractivity contribution in [2.75, 3.05) is 0 Å². The van der Waals surface area contributed by atoms with Crippen LogP contribution in [0.2, 0.25) is 0 Å². The van der Waals surface area contributed by atoms with Crippen molar-refractivity contribution in [1.82, 2.24) is 24.5 Å². The summed E-state index contributed by atoms with van der Waals surface area (Å²) >= 11 is 0. The van der Waals surface area contributed by atoms with Gasteiger partial charge in [0.1, 0.15) is 18.5 Å². The summed E-state index contributed by atoms with van der Waals surface area (Å²) in [5, 5.41) is 0. The Morgan fingerprint density at radius 2 is 1.54 bits per heavy atom. The first-order valence-electron chi connectivity index (χ1n) is 9.48. The summed E-state index contributed by atoms with van der Waals surface area (Å²) in [4.78, 5) is 16.6. The number of nitrogens with zero attached hydrogens (tertiary/aromatic N) is 5. The maximum atomic E-state index is 4.27. The van der Waals surface area contributed by atoms with Crippen LogP contribution in [0.3, 0.4) is 0 Å². The first kappa shape index (κ1) is 18.6. The molecule has 0 aromatic carbocycles. The van der Waals surface area contributed by atoms with Gasteiger partial charge in [0.25, 0.3) is 0 Å². The fourth-order valence-electron chi connectivity index (χ4n) is 3.11. The average molecular weight is 329 g/mol. The van der Waals surface area contributed by atoms with E-state index in [1.165, 1.54) is 57.8 Å². The van der Waals surface area contributed by atoms with Crippen LogP contribution in [-0.4, -0.2) is 24.5 Å². The topological polar surface area (TPSA) is 56.5 Å². The third kappa shape index (κ3) is 7.20. The van der Waals surface area contributed by atoms with Crippen molar-refractivity contribution in [3.05, 3.63) is 37.2 Å². The van der Waals surface area contributed by atoms with Crippen LogP contribution in [0, 0.1) is 0 Å². The average Bonchev–Trinajstić information content (AvgIpc) is 3.15. The van der Waals surface area contributed by atoms with E-state index in [0.717, 1.165) is 18.7 Å². The molecule has 2 rings (SSSR count). The zero-order chi connectivity index (χ0) is 16.9. The number of hydrogen-bond acceptors (Lipinski definition) is 4. The van der Waals surface area contributed by atoms with Gasteiger partial charge in [-0.25, -0.2) is 19.9 Å². The number of aromatic nitrogens is 5. The van der Waals surface area contributed by atoms with E-state index in [4.69, 9.17) is 0 Å². The summed E-state index contributed by atoms with van der Waals surface area (Å²) in [6.07, 6.45) is 23.2. The van der Waals surface area contributed by atoms with Crippen LogP contribution in [0.5, 0.6) is 0 Å². The molecule has 0 fully saturated rings. The lowest BCUT2D eigenvalue weighted by Crippen LogP contribution is -2.12. The van der Waals surface area contributed by atoms with Gasteiger partial charge >= 0.3 is 0 Å². The van der Waals surface area contributed by atoms with Crippen molar-refractivity contribution in [3.63, 3.8) is 0 Å². The largest absolute Gasteiger partial charge is 0.334 e. The quantitative estimate of drug-likeness (QED) is 0.497. The van der Waals surface area contributed by atoms with Crippen LogP contribution >= 0.6 is 0 Å². The van der Waals surface area contributed by atoms with E-state index in [1.807, 2.05) is 18.7 Å². The van der Waals surface area contributed by atoms with Gasteiger partial charge in [0, 0.05) is 24.9 Å². The second-order valence-corrected chi connectivity index (χ2v) is 6.54. The van der Waals surface area contributed by atoms with E-state index in [0.29, 0.717) is 6.04 Å². The Bertz CT molecular complexity index is 512. The first-order valence-corrected chi connectivity index (χ1v) is 9.48. The fraction of sp³-hybridized carbons (Fsp3) is 0.684. The van der Waals surface area contributed by atoms with Gasteiger partial charge in [-0.05, 0) is 6.42 Å². The van der Waals surface area contributed by atoms with Gasteiger partial charge in [0.2, 0.25) is 0 Å². The minimum atomic E-state index is 0.388. The zero-order valence-electron chi connectivity index (χ0n) is 15.0. The molecule has 2 heterocycles. The second kappa shape index (κ2) is 11.7. The maximum Gasteiger partial charge on any atom is 0.134 e. The van der Waals surface area contributed by atoms with Gasteiger partial charge in [0.05, 0.1) is 6.33 Å². The molecule has 0 aliphatic carbocycles. The molecule has 2 aromatic rings. The lowest BCUT2D eigenvalue weighted by molar-refractivity contribution is 0.425. The SMILES string of the molecule is CCCCCCCCCCCC(Cc1ncncn1)n1ccnc1. The van der Waals surface area contributed by atoms with Crippen molar-refractivity contribution in [2.24, 2.45) is 0 Å². The second-order valence-electron chi connectivity index (χ2n) is 6.54. The van der Waals surface area contributed by atoms with Gasteiger partial charge in [-0.1, -0.05) is 64.7 Å². The summed E-state index contributed by atoms with van der Waals surface area (Å²) in [6.45, 7) is 2.27. The summed E-state index contributed by atoms with van der Waals surface area (Å²) in [5.74, 6) is 0.861. The molecule has 5 heteroatoms. The summed E-state index contributed by atoms with van der Waals surface area (Å²) in [5.41, 5.74) is 0. The van der Waals surface area contributed by atoms with Gasteiger partial charge in [-0.3, -0.25) is 0 Å². The Hall–Kier alpha value is -1.78. The van der Waals surface area contributed by atoms with E-state index >= 15 is 0 Å². The molecule has 2 aromatic heterocycles. The molecule has 0 saturated carbocycles. The number of imidazole rings is 1. The highest BCUT2D eigenvalue weighted by molar-refractivity contribution is 4.90. The maximum absolute atomic E-state index is 4.27. The predicted molar refractivity (Wildman–Crippen MR) is 96.6 cm³/mol.